The minimum Gasteiger partial charge on any atom is -0.352 e. The lowest BCUT2D eigenvalue weighted by molar-refractivity contribution is -0.120. The Labute approximate surface area is 149 Å². The van der Waals surface area contributed by atoms with E-state index in [2.05, 4.69) is 15.3 Å². The maximum absolute atomic E-state index is 12.2. The molecule has 0 aliphatic heterocycles. The van der Waals surface area contributed by atoms with E-state index in [0.717, 1.165) is 26.7 Å². The number of hydrogen-bond acceptors (Lipinski definition) is 4. The van der Waals surface area contributed by atoms with E-state index in [1.54, 1.807) is 12.4 Å². The summed E-state index contributed by atoms with van der Waals surface area (Å²) in [5, 5.41) is 4.51. The maximum Gasteiger partial charge on any atom is 0.225 e. The van der Waals surface area contributed by atoms with E-state index in [9.17, 15) is 4.79 Å². The molecule has 0 spiro atoms. The molecular weight excluding hydrogens is 342 g/mol. The molecule has 0 fully saturated rings. The normalized spacial score (nSPS) is 10.6. The highest BCUT2D eigenvalue weighted by atomic mass is 35.5. The van der Waals surface area contributed by atoms with Gasteiger partial charge in [0.25, 0.3) is 0 Å². The molecule has 24 heavy (non-hydrogen) atoms. The first-order chi connectivity index (χ1) is 11.6. The molecule has 6 heteroatoms. The lowest BCUT2D eigenvalue weighted by atomic mass is 10.2. The van der Waals surface area contributed by atoms with Gasteiger partial charge in [0, 0.05) is 34.4 Å². The second-order valence-electron chi connectivity index (χ2n) is 5.35. The lowest BCUT2D eigenvalue weighted by Crippen LogP contribution is -2.24. The minimum absolute atomic E-state index is 0.0190. The fourth-order valence-electron chi connectivity index (χ4n) is 2.22. The fourth-order valence-corrected chi connectivity index (χ4v) is 3.39. The first-order valence-corrected chi connectivity index (χ1v) is 8.69. The number of rotatable bonds is 5. The number of carbonyl (C=O) groups excluding carboxylic acids is 1. The summed E-state index contributed by atoms with van der Waals surface area (Å²) in [6.07, 6.45) is 3.84. The molecule has 0 radical (unpaired) electrons. The SMILES string of the molecule is Cc1nc(-c2cccnc2)sc1CC(=O)NCc1ccc(Cl)cc1. The molecule has 3 rings (SSSR count). The number of pyridine rings is 1. The van der Waals surface area contributed by atoms with Gasteiger partial charge in [-0.3, -0.25) is 9.78 Å². The van der Waals surface area contributed by atoms with Crippen molar-refractivity contribution in [3.05, 3.63) is 69.9 Å². The first-order valence-electron chi connectivity index (χ1n) is 7.49. The fraction of sp³-hybridized carbons (Fsp3) is 0.167. The largest absolute Gasteiger partial charge is 0.352 e. The number of hydrogen-bond donors (Lipinski definition) is 1. The topological polar surface area (TPSA) is 54.9 Å². The predicted molar refractivity (Wildman–Crippen MR) is 97.1 cm³/mol. The van der Waals surface area contributed by atoms with Crippen LogP contribution in [0, 0.1) is 6.92 Å². The van der Waals surface area contributed by atoms with E-state index in [1.807, 2.05) is 43.3 Å². The van der Waals surface area contributed by atoms with Crippen molar-refractivity contribution in [2.45, 2.75) is 19.9 Å². The van der Waals surface area contributed by atoms with Gasteiger partial charge in [-0.1, -0.05) is 23.7 Å². The van der Waals surface area contributed by atoms with Crippen LogP contribution >= 0.6 is 22.9 Å². The number of aromatic nitrogens is 2. The molecule has 0 saturated heterocycles. The van der Waals surface area contributed by atoms with Crippen molar-refractivity contribution in [1.29, 1.82) is 0 Å². The second-order valence-corrected chi connectivity index (χ2v) is 6.87. The summed E-state index contributed by atoms with van der Waals surface area (Å²) in [6.45, 7) is 2.42. The quantitative estimate of drug-likeness (QED) is 0.750. The van der Waals surface area contributed by atoms with Crippen LogP contribution in [-0.2, 0) is 17.8 Å². The Kier molecular flexibility index (Phi) is 5.23. The highest BCUT2D eigenvalue weighted by Crippen LogP contribution is 2.27. The van der Waals surface area contributed by atoms with Gasteiger partial charge in [0.2, 0.25) is 5.91 Å². The smallest absolute Gasteiger partial charge is 0.225 e. The molecule has 0 atom stereocenters. The van der Waals surface area contributed by atoms with E-state index >= 15 is 0 Å². The Morgan fingerprint density at radius 3 is 2.75 bits per heavy atom. The highest BCUT2D eigenvalue weighted by molar-refractivity contribution is 7.15. The summed E-state index contributed by atoms with van der Waals surface area (Å²) in [5.41, 5.74) is 2.88. The van der Waals surface area contributed by atoms with Gasteiger partial charge in [-0.05, 0) is 36.8 Å². The summed E-state index contributed by atoms with van der Waals surface area (Å²) in [4.78, 5) is 21.8. The average Bonchev–Trinajstić information content (AvgIpc) is 2.96. The van der Waals surface area contributed by atoms with Crippen LogP contribution in [0.5, 0.6) is 0 Å². The Morgan fingerprint density at radius 1 is 1.25 bits per heavy atom. The van der Waals surface area contributed by atoms with Crippen molar-refractivity contribution in [3.8, 4) is 10.6 Å². The molecule has 0 unspecified atom stereocenters. The molecule has 2 heterocycles. The van der Waals surface area contributed by atoms with E-state index < -0.39 is 0 Å². The van der Waals surface area contributed by atoms with Crippen LogP contribution in [0.4, 0.5) is 0 Å². The monoisotopic (exact) mass is 357 g/mol. The van der Waals surface area contributed by atoms with Crippen molar-refractivity contribution in [1.82, 2.24) is 15.3 Å². The third-order valence-electron chi connectivity index (χ3n) is 3.53. The summed E-state index contributed by atoms with van der Waals surface area (Å²) in [6, 6.07) is 11.3. The first kappa shape index (κ1) is 16.6. The van der Waals surface area contributed by atoms with Crippen LogP contribution in [0.15, 0.2) is 48.8 Å². The van der Waals surface area contributed by atoms with Crippen molar-refractivity contribution < 1.29 is 4.79 Å². The van der Waals surface area contributed by atoms with E-state index in [0.29, 0.717) is 18.0 Å². The third-order valence-corrected chi connectivity index (χ3v) is 4.98. The molecule has 1 N–H and O–H groups in total. The van der Waals surface area contributed by atoms with Gasteiger partial charge in [0.05, 0.1) is 12.1 Å². The number of aryl methyl sites for hydroxylation is 1. The van der Waals surface area contributed by atoms with Gasteiger partial charge in [-0.25, -0.2) is 4.98 Å². The number of nitrogens with one attached hydrogen (secondary N) is 1. The predicted octanol–water partition coefficient (Wildman–Crippen LogP) is 4.03. The van der Waals surface area contributed by atoms with Gasteiger partial charge >= 0.3 is 0 Å². The molecule has 0 bridgehead atoms. The maximum atomic E-state index is 12.2. The number of carbonyl (C=O) groups is 1. The van der Waals surface area contributed by atoms with E-state index in [4.69, 9.17) is 11.6 Å². The molecule has 122 valence electrons. The number of nitrogens with zero attached hydrogens (tertiary/aromatic N) is 2. The van der Waals surface area contributed by atoms with Gasteiger partial charge in [-0.2, -0.15) is 0 Å². The van der Waals surface area contributed by atoms with Crippen molar-refractivity contribution >= 4 is 28.8 Å². The Morgan fingerprint density at radius 2 is 2.04 bits per heavy atom. The summed E-state index contributed by atoms with van der Waals surface area (Å²) < 4.78 is 0. The number of amides is 1. The molecule has 3 aromatic rings. The van der Waals surface area contributed by atoms with Crippen LogP contribution in [0.1, 0.15) is 16.1 Å². The number of halogens is 1. The standard InChI is InChI=1S/C18H16ClN3OS/c1-12-16(24-18(22-12)14-3-2-8-20-11-14)9-17(23)21-10-13-4-6-15(19)7-5-13/h2-8,11H,9-10H2,1H3,(H,21,23). The molecule has 0 aliphatic rings. The third kappa shape index (κ3) is 4.19. The molecule has 2 aromatic heterocycles. The molecule has 0 aliphatic carbocycles. The number of benzene rings is 1. The summed E-state index contributed by atoms with van der Waals surface area (Å²) >= 11 is 7.39. The minimum atomic E-state index is -0.0190. The Bertz CT molecular complexity index is 831. The van der Waals surface area contributed by atoms with Gasteiger partial charge in [0.15, 0.2) is 0 Å². The molecule has 1 amide bonds. The molecule has 0 saturated carbocycles. The van der Waals surface area contributed by atoms with Gasteiger partial charge in [-0.15, -0.1) is 11.3 Å². The van der Waals surface area contributed by atoms with Crippen molar-refractivity contribution in [2.24, 2.45) is 0 Å². The van der Waals surface area contributed by atoms with Crippen molar-refractivity contribution in [3.63, 3.8) is 0 Å². The van der Waals surface area contributed by atoms with Crippen LogP contribution in [-0.4, -0.2) is 15.9 Å². The van der Waals surface area contributed by atoms with E-state index in [1.165, 1.54) is 11.3 Å². The highest BCUT2D eigenvalue weighted by Gasteiger charge is 2.13. The van der Waals surface area contributed by atoms with Gasteiger partial charge < -0.3 is 5.32 Å². The number of thiazole rings is 1. The van der Waals surface area contributed by atoms with Crippen LogP contribution in [0.25, 0.3) is 10.6 Å². The molecule has 4 nitrogen and oxygen atoms in total. The second kappa shape index (κ2) is 7.55. The molecule has 1 aromatic carbocycles. The Hall–Kier alpha value is -2.24. The van der Waals surface area contributed by atoms with Crippen LogP contribution in [0.2, 0.25) is 5.02 Å². The zero-order valence-corrected chi connectivity index (χ0v) is 14.7. The average molecular weight is 358 g/mol. The summed E-state index contributed by atoms with van der Waals surface area (Å²) in [7, 11) is 0. The molecular formula is C18H16ClN3OS. The Balaban J connectivity index is 1.62. The summed E-state index contributed by atoms with van der Waals surface area (Å²) in [5.74, 6) is -0.0190. The van der Waals surface area contributed by atoms with Crippen LogP contribution in [0.3, 0.4) is 0 Å². The lowest BCUT2D eigenvalue weighted by Gasteiger charge is -2.05. The van der Waals surface area contributed by atoms with Crippen LogP contribution < -0.4 is 5.32 Å². The van der Waals surface area contributed by atoms with Gasteiger partial charge in [0.1, 0.15) is 5.01 Å². The van der Waals surface area contributed by atoms with E-state index in [-0.39, 0.29) is 5.91 Å². The van der Waals surface area contributed by atoms with Crippen molar-refractivity contribution in [2.75, 3.05) is 0 Å². The zero-order chi connectivity index (χ0) is 16.9. The zero-order valence-electron chi connectivity index (χ0n) is 13.1.